The average molecular weight is 526 g/mol. The van der Waals surface area contributed by atoms with E-state index in [0.29, 0.717) is 22.3 Å². The van der Waals surface area contributed by atoms with Crippen LogP contribution in [-0.4, -0.2) is 51.0 Å². The predicted molar refractivity (Wildman–Crippen MR) is 141 cm³/mol. The molecular formula is C31H27NO7. The lowest BCUT2D eigenvalue weighted by molar-refractivity contribution is -0.142. The van der Waals surface area contributed by atoms with E-state index in [4.69, 9.17) is 5.11 Å². The fourth-order valence-electron chi connectivity index (χ4n) is 6.97. The van der Waals surface area contributed by atoms with E-state index in [-0.39, 0.29) is 61.4 Å². The molecule has 2 N–H and O–H groups in total. The molecule has 0 radical (unpaired) electrons. The van der Waals surface area contributed by atoms with Crippen molar-refractivity contribution in [3.8, 4) is 5.75 Å². The quantitative estimate of drug-likeness (QED) is 0.345. The molecular weight excluding hydrogens is 498 g/mol. The lowest BCUT2D eigenvalue weighted by Gasteiger charge is -2.42. The number of carboxylic acid groups (broad SMARTS) is 1. The molecule has 1 heterocycles. The third-order valence-corrected chi connectivity index (χ3v) is 8.66. The molecule has 4 atom stereocenters. The summed E-state index contributed by atoms with van der Waals surface area (Å²) < 4.78 is 0. The van der Waals surface area contributed by atoms with Gasteiger partial charge in [-0.2, -0.15) is 0 Å². The molecule has 198 valence electrons. The van der Waals surface area contributed by atoms with Crippen LogP contribution in [0.25, 0.3) is 10.8 Å². The molecule has 1 fully saturated rings. The molecule has 2 aromatic rings. The highest BCUT2D eigenvalue weighted by Gasteiger charge is 2.56. The van der Waals surface area contributed by atoms with Crippen LogP contribution in [-0.2, 0) is 24.0 Å². The van der Waals surface area contributed by atoms with E-state index in [2.05, 4.69) is 0 Å². The van der Waals surface area contributed by atoms with Crippen molar-refractivity contribution in [3.63, 3.8) is 0 Å². The van der Waals surface area contributed by atoms with Gasteiger partial charge in [-0.05, 0) is 55.0 Å². The Kier molecular flexibility index (Phi) is 5.86. The van der Waals surface area contributed by atoms with Gasteiger partial charge >= 0.3 is 5.97 Å². The van der Waals surface area contributed by atoms with E-state index < -0.39 is 29.6 Å². The summed E-state index contributed by atoms with van der Waals surface area (Å²) in [7, 11) is 0. The van der Waals surface area contributed by atoms with Crippen LogP contribution in [0.15, 0.2) is 70.8 Å². The maximum Gasteiger partial charge on any atom is 0.303 e. The summed E-state index contributed by atoms with van der Waals surface area (Å²) in [5, 5.41) is 21.8. The van der Waals surface area contributed by atoms with Crippen molar-refractivity contribution in [1.82, 2.24) is 4.90 Å². The van der Waals surface area contributed by atoms with Crippen LogP contribution < -0.4 is 0 Å². The Labute approximate surface area is 224 Å². The molecule has 8 nitrogen and oxygen atoms in total. The van der Waals surface area contributed by atoms with Crippen LogP contribution in [0.4, 0.5) is 0 Å². The predicted octanol–water partition coefficient (Wildman–Crippen LogP) is 3.84. The van der Waals surface area contributed by atoms with E-state index >= 15 is 0 Å². The first-order chi connectivity index (χ1) is 18.7. The molecule has 0 aromatic heterocycles. The second kappa shape index (κ2) is 9.15. The third kappa shape index (κ3) is 3.77. The molecule has 4 aliphatic rings. The smallest absolute Gasteiger partial charge is 0.303 e. The number of hydrogen-bond acceptors (Lipinski definition) is 6. The Bertz CT molecular complexity index is 1590. The van der Waals surface area contributed by atoms with Crippen molar-refractivity contribution in [2.24, 2.45) is 17.8 Å². The van der Waals surface area contributed by atoms with Gasteiger partial charge < -0.3 is 10.2 Å². The number of aliphatic carboxylic acids is 1. The van der Waals surface area contributed by atoms with Crippen LogP contribution in [0.3, 0.4) is 0 Å². The zero-order chi connectivity index (χ0) is 27.6. The molecule has 0 unspecified atom stereocenters. The molecule has 0 spiro atoms. The Morgan fingerprint density at radius 1 is 1.03 bits per heavy atom. The number of fused-ring (bicyclic) bond motifs is 4. The summed E-state index contributed by atoms with van der Waals surface area (Å²) in [6.07, 6.45) is 3.71. The zero-order valence-corrected chi connectivity index (χ0v) is 21.3. The Morgan fingerprint density at radius 3 is 2.56 bits per heavy atom. The van der Waals surface area contributed by atoms with Gasteiger partial charge in [0.05, 0.1) is 11.8 Å². The van der Waals surface area contributed by atoms with E-state index in [1.807, 2.05) is 30.3 Å². The standard InChI is InChI=1S/C31H27NO7/c1-15-13-23(34)27-21(29(15)37)14-20-18(28(27)26-17-6-3-2-5-16(17)8-11-22(26)33)9-10-19-25(20)31(39)32(30(19)38)12-4-7-24(35)36/h2-3,5-6,8-9,11,13,19-20,25,28,33H,4,7,10,12,14H2,1H3,(H,35,36)/t19-,20+,25-,28+/m0/s1. The van der Waals surface area contributed by atoms with Gasteiger partial charge in [0.25, 0.3) is 0 Å². The number of allylic oxidation sites excluding steroid dienone is 6. The number of aromatic hydroxyl groups is 1. The van der Waals surface area contributed by atoms with Gasteiger partial charge in [0.2, 0.25) is 11.8 Å². The lowest BCUT2D eigenvalue weighted by Crippen LogP contribution is -2.40. The molecule has 8 heteroatoms. The topological polar surface area (TPSA) is 129 Å². The summed E-state index contributed by atoms with van der Waals surface area (Å²) in [5.41, 5.74) is 2.27. The van der Waals surface area contributed by atoms with Gasteiger partial charge in [-0.25, -0.2) is 0 Å². The number of ketones is 2. The van der Waals surface area contributed by atoms with Crippen LogP contribution in [0.5, 0.6) is 5.75 Å². The number of benzene rings is 2. The first-order valence-electron chi connectivity index (χ1n) is 13.2. The van der Waals surface area contributed by atoms with Crippen LogP contribution in [0, 0.1) is 17.8 Å². The van der Waals surface area contributed by atoms with Gasteiger partial charge in [-0.1, -0.05) is 42.0 Å². The first kappa shape index (κ1) is 25.0. The number of rotatable bonds is 5. The third-order valence-electron chi connectivity index (χ3n) is 8.66. The number of carboxylic acids is 1. The van der Waals surface area contributed by atoms with Crippen molar-refractivity contribution >= 4 is 40.1 Å². The number of hydrogen-bond donors (Lipinski definition) is 2. The van der Waals surface area contributed by atoms with Crippen molar-refractivity contribution in [3.05, 3.63) is 76.4 Å². The highest BCUT2D eigenvalue weighted by atomic mass is 16.4. The van der Waals surface area contributed by atoms with Crippen LogP contribution in [0.2, 0.25) is 0 Å². The Morgan fingerprint density at radius 2 is 1.79 bits per heavy atom. The average Bonchev–Trinajstić information content (AvgIpc) is 3.15. The number of amides is 2. The number of phenolic OH excluding ortho intramolecular Hbond substituents is 1. The Hall–Kier alpha value is -4.33. The molecule has 6 rings (SSSR count). The van der Waals surface area contributed by atoms with Crippen molar-refractivity contribution in [2.75, 3.05) is 6.54 Å². The molecule has 1 saturated heterocycles. The van der Waals surface area contributed by atoms with E-state index in [0.717, 1.165) is 16.3 Å². The fraction of sp³-hybridized carbons (Fsp3) is 0.323. The number of carbonyl (C=O) groups is 5. The number of carbonyl (C=O) groups excluding carboxylic acids is 4. The second-order valence-corrected chi connectivity index (χ2v) is 10.8. The van der Waals surface area contributed by atoms with Gasteiger partial charge in [0, 0.05) is 41.2 Å². The van der Waals surface area contributed by atoms with E-state index in [1.54, 1.807) is 19.1 Å². The number of imide groups is 1. The van der Waals surface area contributed by atoms with E-state index in [9.17, 15) is 29.1 Å². The minimum atomic E-state index is -0.996. The summed E-state index contributed by atoms with van der Waals surface area (Å²) in [5.74, 6) is -4.81. The fourth-order valence-corrected chi connectivity index (χ4v) is 6.97. The van der Waals surface area contributed by atoms with Crippen molar-refractivity contribution in [1.29, 1.82) is 0 Å². The maximum atomic E-state index is 13.7. The highest BCUT2D eigenvalue weighted by molar-refractivity contribution is 6.24. The van der Waals surface area contributed by atoms with Crippen LogP contribution in [0.1, 0.15) is 44.1 Å². The molecule has 2 aromatic carbocycles. The largest absolute Gasteiger partial charge is 0.508 e. The molecule has 2 amide bonds. The van der Waals surface area contributed by atoms with Gasteiger partial charge in [-0.15, -0.1) is 0 Å². The van der Waals surface area contributed by atoms with Gasteiger partial charge in [-0.3, -0.25) is 28.9 Å². The number of phenols is 1. The normalized spacial score (nSPS) is 26.3. The van der Waals surface area contributed by atoms with Gasteiger partial charge in [0.1, 0.15) is 5.75 Å². The number of likely N-dealkylation sites (tertiary alicyclic amines) is 1. The van der Waals surface area contributed by atoms with Crippen molar-refractivity contribution < 1.29 is 34.2 Å². The second-order valence-electron chi connectivity index (χ2n) is 10.8. The summed E-state index contributed by atoms with van der Waals surface area (Å²) in [6, 6.07) is 10.9. The summed E-state index contributed by atoms with van der Waals surface area (Å²) >= 11 is 0. The lowest BCUT2D eigenvalue weighted by atomic mass is 9.59. The number of Topliss-reactive ketones (excluding diaryl/α,β-unsaturated/α-hetero) is 1. The van der Waals surface area contributed by atoms with E-state index in [1.165, 1.54) is 11.0 Å². The minimum absolute atomic E-state index is 0.00938. The SMILES string of the molecule is CC1=CC(=O)C2=C(C[C@@H]3C(=CC[C@@H]4C(=O)N(CCCC(=O)O)C(=O)[C@@H]43)[C@@H]2c2c(O)ccc3ccccc23)C1=O. The molecule has 0 bridgehead atoms. The Balaban J connectivity index is 1.50. The molecule has 0 saturated carbocycles. The first-order valence-corrected chi connectivity index (χ1v) is 13.2. The van der Waals surface area contributed by atoms with Crippen LogP contribution >= 0.6 is 0 Å². The number of nitrogens with zero attached hydrogens (tertiary/aromatic N) is 1. The van der Waals surface area contributed by atoms with Gasteiger partial charge in [0.15, 0.2) is 11.6 Å². The molecule has 39 heavy (non-hydrogen) atoms. The van der Waals surface area contributed by atoms with Crippen molar-refractivity contribution in [2.45, 2.75) is 38.5 Å². The summed E-state index contributed by atoms with van der Waals surface area (Å²) in [4.78, 5) is 66.0. The highest BCUT2D eigenvalue weighted by Crippen LogP contribution is 2.56. The monoisotopic (exact) mass is 525 g/mol. The summed E-state index contributed by atoms with van der Waals surface area (Å²) in [6.45, 7) is 1.62. The minimum Gasteiger partial charge on any atom is -0.508 e. The maximum absolute atomic E-state index is 13.7. The zero-order valence-electron chi connectivity index (χ0n) is 21.3. The molecule has 1 aliphatic heterocycles. The molecule has 3 aliphatic carbocycles.